The Kier molecular flexibility index (Phi) is 4.20. The highest BCUT2D eigenvalue weighted by Crippen LogP contribution is 2.12. The Labute approximate surface area is 108 Å². The van der Waals surface area contributed by atoms with Crippen LogP contribution in [0.4, 0.5) is 0 Å². The molecule has 1 aromatic carbocycles. The first-order valence-electron chi connectivity index (χ1n) is 6.41. The maximum Gasteiger partial charge on any atom is 0.227 e. The second-order valence-electron chi connectivity index (χ2n) is 4.86. The minimum Gasteiger partial charge on any atom is -0.497 e. The van der Waals surface area contributed by atoms with E-state index in [0.717, 1.165) is 37.5 Å². The number of hydrogen-bond acceptors (Lipinski definition) is 2. The van der Waals surface area contributed by atoms with E-state index in [2.05, 4.69) is 7.05 Å². The number of nitrogens with one attached hydrogen (secondary N) is 1. The Morgan fingerprint density at radius 1 is 1.28 bits per heavy atom. The van der Waals surface area contributed by atoms with Gasteiger partial charge in [-0.25, -0.2) is 0 Å². The van der Waals surface area contributed by atoms with Crippen LogP contribution < -0.4 is 9.64 Å². The van der Waals surface area contributed by atoms with Crippen molar-refractivity contribution in [2.75, 3.05) is 40.3 Å². The average Bonchev–Trinajstić information content (AvgIpc) is 2.40. The molecule has 0 radical (unpaired) electrons. The van der Waals surface area contributed by atoms with Gasteiger partial charge in [0.05, 0.1) is 46.8 Å². The highest BCUT2D eigenvalue weighted by molar-refractivity contribution is 5.78. The lowest BCUT2D eigenvalue weighted by Crippen LogP contribution is -3.12. The number of methoxy groups -OCH3 is 1. The predicted molar refractivity (Wildman–Crippen MR) is 69.9 cm³/mol. The van der Waals surface area contributed by atoms with Crippen molar-refractivity contribution in [1.82, 2.24) is 4.90 Å². The second kappa shape index (κ2) is 5.87. The number of hydrogen-bond donors (Lipinski definition) is 1. The molecule has 1 saturated heterocycles. The van der Waals surface area contributed by atoms with Gasteiger partial charge in [-0.15, -0.1) is 0 Å². The van der Waals surface area contributed by atoms with E-state index in [4.69, 9.17) is 4.74 Å². The molecule has 1 aliphatic heterocycles. The van der Waals surface area contributed by atoms with Gasteiger partial charge < -0.3 is 14.5 Å². The van der Waals surface area contributed by atoms with Crippen LogP contribution in [0.5, 0.6) is 5.75 Å². The summed E-state index contributed by atoms with van der Waals surface area (Å²) in [6, 6.07) is 7.71. The fourth-order valence-electron chi connectivity index (χ4n) is 2.17. The molecule has 1 amide bonds. The lowest BCUT2D eigenvalue weighted by atomic mass is 10.1. The van der Waals surface area contributed by atoms with Crippen LogP contribution in [0.3, 0.4) is 0 Å². The number of carbonyl (C=O) groups excluding carboxylic acids is 1. The highest BCUT2D eigenvalue weighted by atomic mass is 16.5. The number of piperazine rings is 1. The summed E-state index contributed by atoms with van der Waals surface area (Å²) in [4.78, 5) is 15.6. The number of quaternary nitrogens is 1. The Bertz CT molecular complexity index is 395. The molecule has 0 bridgehead atoms. The topological polar surface area (TPSA) is 34.0 Å². The van der Waals surface area contributed by atoms with Gasteiger partial charge in [0.25, 0.3) is 0 Å². The summed E-state index contributed by atoms with van der Waals surface area (Å²) >= 11 is 0. The van der Waals surface area contributed by atoms with E-state index in [9.17, 15) is 4.79 Å². The van der Waals surface area contributed by atoms with Crippen molar-refractivity contribution in [3.63, 3.8) is 0 Å². The van der Waals surface area contributed by atoms with Gasteiger partial charge in [-0.1, -0.05) is 12.1 Å². The Morgan fingerprint density at radius 3 is 2.44 bits per heavy atom. The summed E-state index contributed by atoms with van der Waals surface area (Å²) < 4.78 is 5.10. The normalized spacial score (nSPS) is 16.7. The average molecular weight is 249 g/mol. The molecule has 0 spiro atoms. The number of likely N-dealkylation sites (N-methyl/N-ethyl adjacent to an activating group) is 1. The first-order chi connectivity index (χ1) is 8.69. The van der Waals surface area contributed by atoms with E-state index < -0.39 is 0 Å². The summed E-state index contributed by atoms with van der Waals surface area (Å²) in [6.45, 7) is 3.85. The standard InChI is InChI=1S/C14H20N2O2/c1-15-7-9-16(10-8-15)14(17)11-12-3-5-13(18-2)6-4-12/h3-6H,7-11H2,1-2H3/p+1. The number of ether oxygens (including phenoxy) is 1. The third-order valence-corrected chi connectivity index (χ3v) is 3.48. The summed E-state index contributed by atoms with van der Waals surface area (Å²) in [5, 5.41) is 0. The molecule has 1 aliphatic rings. The van der Waals surface area contributed by atoms with Gasteiger partial charge >= 0.3 is 0 Å². The molecule has 1 heterocycles. The molecule has 0 aliphatic carbocycles. The number of nitrogens with zero attached hydrogens (tertiary/aromatic N) is 1. The van der Waals surface area contributed by atoms with Crippen molar-refractivity contribution in [3.8, 4) is 5.75 Å². The molecule has 4 heteroatoms. The lowest BCUT2D eigenvalue weighted by molar-refractivity contribution is -0.883. The monoisotopic (exact) mass is 249 g/mol. The zero-order valence-electron chi connectivity index (χ0n) is 11.1. The number of benzene rings is 1. The van der Waals surface area contributed by atoms with Gasteiger partial charge in [-0.05, 0) is 17.7 Å². The third-order valence-electron chi connectivity index (χ3n) is 3.48. The molecule has 1 aromatic rings. The maximum atomic E-state index is 12.1. The van der Waals surface area contributed by atoms with Gasteiger partial charge in [0.2, 0.25) is 5.91 Å². The SMILES string of the molecule is COc1ccc(CC(=O)N2CC[NH+](C)CC2)cc1. The van der Waals surface area contributed by atoms with Crippen molar-refractivity contribution in [2.24, 2.45) is 0 Å². The van der Waals surface area contributed by atoms with E-state index in [0.29, 0.717) is 6.42 Å². The smallest absolute Gasteiger partial charge is 0.227 e. The second-order valence-corrected chi connectivity index (χ2v) is 4.86. The molecule has 1 N–H and O–H groups in total. The van der Waals surface area contributed by atoms with Crippen LogP contribution in [0.2, 0.25) is 0 Å². The van der Waals surface area contributed by atoms with Gasteiger partial charge in [0.15, 0.2) is 0 Å². The van der Waals surface area contributed by atoms with Gasteiger partial charge in [-0.2, -0.15) is 0 Å². The molecule has 0 aromatic heterocycles. The van der Waals surface area contributed by atoms with E-state index >= 15 is 0 Å². The number of rotatable bonds is 3. The van der Waals surface area contributed by atoms with Crippen LogP contribution in [0.15, 0.2) is 24.3 Å². The molecule has 4 nitrogen and oxygen atoms in total. The first kappa shape index (κ1) is 12.9. The largest absolute Gasteiger partial charge is 0.497 e. The van der Waals surface area contributed by atoms with E-state index in [1.165, 1.54) is 4.90 Å². The van der Waals surface area contributed by atoms with Crippen LogP contribution in [-0.2, 0) is 11.2 Å². The van der Waals surface area contributed by atoms with Gasteiger partial charge in [0.1, 0.15) is 5.75 Å². The Morgan fingerprint density at radius 2 is 1.89 bits per heavy atom. The van der Waals surface area contributed by atoms with Crippen LogP contribution in [0, 0.1) is 0 Å². The van der Waals surface area contributed by atoms with Crippen molar-refractivity contribution >= 4 is 5.91 Å². The third kappa shape index (κ3) is 3.23. The van der Waals surface area contributed by atoms with Crippen LogP contribution in [-0.4, -0.2) is 51.1 Å². The molecule has 98 valence electrons. The number of carbonyl (C=O) groups is 1. The molecule has 2 rings (SSSR count). The van der Waals surface area contributed by atoms with E-state index in [1.807, 2.05) is 29.2 Å². The van der Waals surface area contributed by atoms with E-state index in [-0.39, 0.29) is 5.91 Å². The van der Waals surface area contributed by atoms with Crippen LogP contribution in [0.1, 0.15) is 5.56 Å². The van der Waals surface area contributed by atoms with Crippen molar-refractivity contribution in [1.29, 1.82) is 0 Å². The van der Waals surface area contributed by atoms with E-state index in [1.54, 1.807) is 7.11 Å². The molecular weight excluding hydrogens is 228 g/mol. The first-order valence-corrected chi connectivity index (χ1v) is 6.41. The Hall–Kier alpha value is -1.55. The van der Waals surface area contributed by atoms with Gasteiger partial charge in [-0.3, -0.25) is 4.79 Å². The summed E-state index contributed by atoms with van der Waals surface area (Å²) in [5.41, 5.74) is 1.05. The molecule has 0 atom stereocenters. The van der Waals surface area contributed by atoms with Crippen molar-refractivity contribution in [2.45, 2.75) is 6.42 Å². The predicted octanol–water partition coefficient (Wildman–Crippen LogP) is -0.405. The fraction of sp³-hybridized carbons (Fsp3) is 0.500. The van der Waals surface area contributed by atoms with Gasteiger partial charge in [0, 0.05) is 0 Å². The zero-order valence-corrected chi connectivity index (χ0v) is 11.1. The van der Waals surface area contributed by atoms with Crippen LogP contribution >= 0.6 is 0 Å². The summed E-state index contributed by atoms with van der Waals surface area (Å²) in [7, 11) is 3.82. The summed E-state index contributed by atoms with van der Waals surface area (Å²) in [6.07, 6.45) is 0.489. The minimum atomic E-state index is 0.229. The number of amides is 1. The maximum absolute atomic E-state index is 12.1. The quantitative estimate of drug-likeness (QED) is 0.790. The minimum absolute atomic E-state index is 0.229. The molecule has 1 fully saturated rings. The molecule has 18 heavy (non-hydrogen) atoms. The molecule has 0 saturated carbocycles. The molecular formula is C14H21N2O2+. The van der Waals surface area contributed by atoms with Crippen molar-refractivity contribution < 1.29 is 14.4 Å². The fourth-order valence-corrected chi connectivity index (χ4v) is 2.17. The van der Waals surface area contributed by atoms with Crippen LogP contribution in [0.25, 0.3) is 0 Å². The van der Waals surface area contributed by atoms with Crippen molar-refractivity contribution in [3.05, 3.63) is 29.8 Å². The molecule has 0 unspecified atom stereocenters. The Balaban J connectivity index is 1.90. The lowest BCUT2D eigenvalue weighted by Gasteiger charge is -2.30. The zero-order chi connectivity index (χ0) is 13.0. The summed E-state index contributed by atoms with van der Waals surface area (Å²) in [5.74, 6) is 1.06. The highest BCUT2D eigenvalue weighted by Gasteiger charge is 2.21.